The maximum atomic E-state index is 9.62. The largest absolute Gasteiger partial charge is 0.394 e. The maximum absolute atomic E-state index is 9.62. The van der Waals surface area contributed by atoms with E-state index in [9.17, 15) is 5.11 Å². The molecule has 5 heteroatoms. The SMILES string of the molecule is COCCOCCOCCNC1(CO)CCC(C)CC1. The number of aliphatic hydroxyl groups is 1. The van der Waals surface area contributed by atoms with Crippen molar-refractivity contribution < 1.29 is 19.3 Å². The van der Waals surface area contributed by atoms with Gasteiger partial charge in [0.05, 0.1) is 39.6 Å². The Kier molecular flexibility index (Phi) is 9.39. The summed E-state index contributed by atoms with van der Waals surface area (Å²) < 4.78 is 15.7. The molecule has 0 bridgehead atoms. The van der Waals surface area contributed by atoms with Crippen LogP contribution in [0, 0.1) is 5.92 Å². The van der Waals surface area contributed by atoms with Crippen molar-refractivity contribution in [2.24, 2.45) is 5.92 Å². The third-order valence-corrected chi connectivity index (χ3v) is 4.08. The standard InChI is InChI=1S/C15H31NO4/c1-14-3-5-15(13-17,6-4-14)16-7-8-19-11-12-20-10-9-18-2/h14,16-17H,3-13H2,1-2H3. The monoisotopic (exact) mass is 289 g/mol. The summed E-state index contributed by atoms with van der Waals surface area (Å²) in [5.41, 5.74) is -0.0785. The van der Waals surface area contributed by atoms with Gasteiger partial charge < -0.3 is 24.6 Å². The first-order chi connectivity index (χ1) is 9.72. The number of nitrogens with one attached hydrogen (secondary N) is 1. The van der Waals surface area contributed by atoms with Gasteiger partial charge in [0.15, 0.2) is 0 Å². The van der Waals surface area contributed by atoms with Crippen molar-refractivity contribution in [1.82, 2.24) is 5.32 Å². The van der Waals surface area contributed by atoms with Gasteiger partial charge >= 0.3 is 0 Å². The summed E-state index contributed by atoms with van der Waals surface area (Å²) in [7, 11) is 1.66. The van der Waals surface area contributed by atoms with E-state index in [2.05, 4.69) is 12.2 Å². The van der Waals surface area contributed by atoms with Crippen molar-refractivity contribution in [2.75, 3.05) is 53.3 Å². The van der Waals surface area contributed by atoms with Gasteiger partial charge in [-0.2, -0.15) is 0 Å². The highest BCUT2D eigenvalue weighted by Gasteiger charge is 2.32. The first-order valence-electron chi connectivity index (χ1n) is 7.73. The molecule has 20 heavy (non-hydrogen) atoms. The van der Waals surface area contributed by atoms with Crippen LogP contribution in [0.5, 0.6) is 0 Å². The predicted molar refractivity (Wildman–Crippen MR) is 79.0 cm³/mol. The van der Waals surface area contributed by atoms with Gasteiger partial charge in [0.25, 0.3) is 0 Å². The minimum atomic E-state index is -0.0785. The van der Waals surface area contributed by atoms with Crippen LogP contribution in [-0.2, 0) is 14.2 Å². The molecule has 1 rings (SSSR count). The van der Waals surface area contributed by atoms with Crippen LogP contribution in [-0.4, -0.2) is 63.9 Å². The number of aliphatic hydroxyl groups excluding tert-OH is 1. The summed E-state index contributed by atoms with van der Waals surface area (Å²) >= 11 is 0. The average Bonchev–Trinajstić information content (AvgIpc) is 2.48. The summed E-state index contributed by atoms with van der Waals surface area (Å²) in [5, 5.41) is 13.1. The second-order valence-corrected chi connectivity index (χ2v) is 5.77. The number of hydrogen-bond acceptors (Lipinski definition) is 5. The molecule has 1 fully saturated rings. The molecule has 0 aromatic rings. The second-order valence-electron chi connectivity index (χ2n) is 5.77. The molecule has 1 aliphatic carbocycles. The number of hydrogen-bond donors (Lipinski definition) is 2. The van der Waals surface area contributed by atoms with Crippen molar-refractivity contribution >= 4 is 0 Å². The van der Waals surface area contributed by atoms with E-state index in [1.165, 1.54) is 12.8 Å². The van der Waals surface area contributed by atoms with E-state index < -0.39 is 0 Å². The first-order valence-corrected chi connectivity index (χ1v) is 7.73. The first kappa shape index (κ1) is 17.9. The van der Waals surface area contributed by atoms with E-state index >= 15 is 0 Å². The highest BCUT2D eigenvalue weighted by molar-refractivity contribution is 4.91. The molecule has 5 nitrogen and oxygen atoms in total. The number of methoxy groups -OCH3 is 1. The predicted octanol–water partition coefficient (Wildman–Crippen LogP) is 1.20. The Bertz CT molecular complexity index is 230. The minimum Gasteiger partial charge on any atom is -0.394 e. The van der Waals surface area contributed by atoms with Gasteiger partial charge in [-0.3, -0.25) is 0 Å². The molecular formula is C15H31NO4. The summed E-state index contributed by atoms with van der Waals surface area (Å²) in [6.45, 7) is 6.40. The molecule has 0 unspecified atom stereocenters. The zero-order chi connectivity index (χ0) is 14.7. The summed E-state index contributed by atoms with van der Waals surface area (Å²) in [4.78, 5) is 0. The molecule has 0 aromatic heterocycles. The Morgan fingerprint density at radius 2 is 1.65 bits per heavy atom. The zero-order valence-electron chi connectivity index (χ0n) is 13.0. The molecule has 2 N–H and O–H groups in total. The molecule has 0 atom stereocenters. The van der Waals surface area contributed by atoms with Gasteiger partial charge in [-0.25, -0.2) is 0 Å². The lowest BCUT2D eigenvalue weighted by Gasteiger charge is -2.39. The van der Waals surface area contributed by atoms with Crippen LogP contribution in [0.25, 0.3) is 0 Å². The minimum absolute atomic E-state index is 0.0785. The van der Waals surface area contributed by atoms with Crippen molar-refractivity contribution in [3.8, 4) is 0 Å². The Hall–Kier alpha value is -0.200. The summed E-state index contributed by atoms with van der Waals surface area (Å²) in [6, 6.07) is 0. The highest BCUT2D eigenvalue weighted by atomic mass is 16.5. The average molecular weight is 289 g/mol. The molecule has 0 aliphatic heterocycles. The van der Waals surface area contributed by atoms with E-state index in [0.29, 0.717) is 33.0 Å². The summed E-state index contributed by atoms with van der Waals surface area (Å²) in [5.74, 6) is 0.789. The Labute approximate surface area is 123 Å². The van der Waals surface area contributed by atoms with Crippen molar-refractivity contribution in [1.29, 1.82) is 0 Å². The van der Waals surface area contributed by atoms with E-state index in [4.69, 9.17) is 14.2 Å². The molecule has 120 valence electrons. The molecule has 1 aliphatic rings. The Morgan fingerprint density at radius 1 is 1.05 bits per heavy atom. The fourth-order valence-electron chi connectivity index (χ4n) is 2.56. The fourth-order valence-corrected chi connectivity index (χ4v) is 2.56. The van der Waals surface area contributed by atoms with Gasteiger partial charge in [-0.05, 0) is 31.6 Å². The maximum Gasteiger partial charge on any atom is 0.0701 e. The highest BCUT2D eigenvalue weighted by Crippen LogP contribution is 2.31. The van der Waals surface area contributed by atoms with Crippen LogP contribution in [0.15, 0.2) is 0 Å². The molecule has 0 radical (unpaired) electrons. The molecule has 0 saturated heterocycles. The van der Waals surface area contributed by atoms with Crippen LogP contribution in [0.2, 0.25) is 0 Å². The van der Waals surface area contributed by atoms with Crippen molar-refractivity contribution in [3.05, 3.63) is 0 Å². The van der Waals surface area contributed by atoms with Gasteiger partial charge in [0.2, 0.25) is 0 Å². The van der Waals surface area contributed by atoms with E-state index in [1.807, 2.05) is 0 Å². The lowest BCUT2D eigenvalue weighted by Crippen LogP contribution is -2.51. The smallest absolute Gasteiger partial charge is 0.0701 e. The van der Waals surface area contributed by atoms with Crippen LogP contribution in [0.1, 0.15) is 32.6 Å². The Morgan fingerprint density at radius 3 is 2.25 bits per heavy atom. The zero-order valence-corrected chi connectivity index (χ0v) is 13.0. The van der Waals surface area contributed by atoms with Gasteiger partial charge in [0, 0.05) is 19.2 Å². The van der Waals surface area contributed by atoms with Crippen LogP contribution >= 0.6 is 0 Å². The third kappa shape index (κ3) is 6.99. The molecule has 0 aromatic carbocycles. The topological polar surface area (TPSA) is 60.0 Å². The molecule has 0 amide bonds. The van der Waals surface area contributed by atoms with Gasteiger partial charge in [0.1, 0.15) is 0 Å². The van der Waals surface area contributed by atoms with E-state index in [0.717, 1.165) is 25.3 Å². The molecule has 1 saturated carbocycles. The van der Waals surface area contributed by atoms with Crippen LogP contribution in [0.3, 0.4) is 0 Å². The summed E-state index contributed by atoms with van der Waals surface area (Å²) in [6.07, 6.45) is 4.51. The molecule has 0 heterocycles. The lowest BCUT2D eigenvalue weighted by molar-refractivity contribution is 0.0218. The normalized spacial score (nSPS) is 26.9. The fraction of sp³-hybridized carbons (Fsp3) is 1.00. The van der Waals surface area contributed by atoms with Crippen molar-refractivity contribution in [2.45, 2.75) is 38.1 Å². The molecular weight excluding hydrogens is 258 g/mol. The van der Waals surface area contributed by atoms with Crippen LogP contribution in [0.4, 0.5) is 0 Å². The third-order valence-electron chi connectivity index (χ3n) is 4.08. The Balaban J connectivity index is 1.99. The molecule has 0 spiro atoms. The van der Waals surface area contributed by atoms with E-state index in [1.54, 1.807) is 7.11 Å². The van der Waals surface area contributed by atoms with E-state index in [-0.39, 0.29) is 12.1 Å². The number of ether oxygens (including phenoxy) is 3. The lowest BCUT2D eigenvalue weighted by atomic mass is 9.77. The number of rotatable bonds is 11. The van der Waals surface area contributed by atoms with Gasteiger partial charge in [-0.15, -0.1) is 0 Å². The van der Waals surface area contributed by atoms with Crippen molar-refractivity contribution in [3.63, 3.8) is 0 Å². The second kappa shape index (κ2) is 10.5. The van der Waals surface area contributed by atoms with Gasteiger partial charge in [-0.1, -0.05) is 6.92 Å². The van der Waals surface area contributed by atoms with Crippen LogP contribution < -0.4 is 5.32 Å². The quantitative estimate of drug-likeness (QED) is 0.560.